The number of guanidine groups is 2. The van der Waals surface area contributed by atoms with Gasteiger partial charge in [-0.3, -0.25) is 20.7 Å². The standard InChI is InChI=1S/C8H19N5O3S/c1-2-3-4-5-6-13(17(14,15)16)8(11)12-7(9)10/h2-6H2,1H3,(H,14,15,16)(H5,9,10,11,12). The lowest BCUT2D eigenvalue weighted by molar-refractivity contribution is 0.409. The van der Waals surface area contributed by atoms with Crippen molar-refractivity contribution in [3.05, 3.63) is 0 Å². The Labute approximate surface area is 101 Å². The third-order valence-electron chi connectivity index (χ3n) is 2.00. The Morgan fingerprint density at radius 1 is 1.35 bits per heavy atom. The van der Waals surface area contributed by atoms with Crippen LogP contribution in [-0.2, 0) is 10.3 Å². The molecule has 0 fully saturated rings. The zero-order chi connectivity index (χ0) is 13.5. The fourth-order valence-corrected chi connectivity index (χ4v) is 1.85. The van der Waals surface area contributed by atoms with Crippen molar-refractivity contribution in [3.8, 4) is 0 Å². The molecule has 8 nitrogen and oxygen atoms in total. The zero-order valence-electron chi connectivity index (χ0n) is 9.73. The Morgan fingerprint density at radius 2 is 1.94 bits per heavy atom. The lowest BCUT2D eigenvalue weighted by Crippen LogP contribution is -2.48. The van der Waals surface area contributed by atoms with Crippen LogP contribution in [0, 0.1) is 10.8 Å². The SMILES string of the molecule is CCCCCCN(C(=N)NC(=N)N)S(=O)(=O)O. The zero-order valence-corrected chi connectivity index (χ0v) is 10.5. The van der Waals surface area contributed by atoms with Gasteiger partial charge in [-0.25, -0.2) is 4.31 Å². The van der Waals surface area contributed by atoms with Gasteiger partial charge in [-0.15, -0.1) is 0 Å². The average Bonchev–Trinajstić information content (AvgIpc) is 2.14. The van der Waals surface area contributed by atoms with Crippen molar-refractivity contribution in [1.29, 1.82) is 10.8 Å². The summed E-state index contributed by atoms with van der Waals surface area (Å²) in [5.41, 5.74) is 4.98. The van der Waals surface area contributed by atoms with Gasteiger partial charge in [-0.1, -0.05) is 26.2 Å². The first-order valence-corrected chi connectivity index (χ1v) is 6.63. The predicted octanol–water partition coefficient (Wildman–Crippen LogP) is 0.0893. The van der Waals surface area contributed by atoms with Crippen LogP contribution in [0.25, 0.3) is 0 Å². The van der Waals surface area contributed by atoms with E-state index >= 15 is 0 Å². The molecule has 0 atom stereocenters. The van der Waals surface area contributed by atoms with Gasteiger partial charge in [0.05, 0.1) is 0 Å². The summed E-state index contributed by atoms with van der Waals surface area (Å²) in [5, 5.41) is 16.3. The highest BCUT2D eigenvalue weighted by molar-refractivity contribution is 7.84. The average molecular weight is 265 g/mol. The van der Waals surface area contributed by atoms with Gasteiger partial charge in [0.25, 0.3) is 0 Å². The molecule has 0 aromatic heterocycles. The quantitative estimate of drug-likeness (QED) is 0.200. The van der Waals surface area contributed by atoms with Crippen LogP contribution in [0.3, 0.4) is 0 Å². The second-order valence-electron chi connectivity index (χ2n) is 3.50. The lowest BCUT2D eigenvalue weighted by Gasteiger charge is -2.21. The smallest absolute Gasteiger partial charge is 0.362 e. The van der Waals surface area contributed by atoms with Crippen molar-refractivity contribution in [1.82, 2.24) is 9.62 Å². The minimum Gasteiger partial charge on any atom is -0.370 e. The summed E-state index contributed by atoms with van der Waals surface area (Å²) in [6.45, 7) is 2.00. The second-order valence-corrected chi connectivity index (χ2v) is 4.83. The molecule has 0 saturated heterocycles. The van der Waals surface area contributed by atoms with Crippen molar-refractivity contribution >= 4 is 22.2 Å². The molecule has 0 aromatic rings. The van der Waals surface area contributed by atoms with Crippen LogP contribution in [0.1, 0.15) is 32.6 Å². The molecule has 6 N–H and O–H groups in total. The molecule has 0 rings (SSSR count). The maximum Gasteiger partial charge on any atom is 0.362 e. The minimum absolute atomic E-state index is 0.0159. The molecule has 0 radical (unpaired) electrons. The van der Waals surface area contributed by atoms with E-state index in [-0.39, 0.29) is 6.54 Å². The Bertz CT molecular complexity index is 367. The number of nitrogens with zero attached hydrogens (tertiary/aromatic N) is 1. The van der Waals surface area contributed by atoms with Crippen LogP contribution in [0.15, 0.2) is 0 Å². The molecule has 0 bridgehead atoms. The molecule has 9 heteroatoms. The van der Waals surface area contributed by atoms with Gasteiger partial charge in [0.1, 0.15) is 0 Å². The normalized spacial score (nSPS) is 10.9. The van der Waals surface area contributed by atoms with Crippen LogP contribution < -0.4 is 11.1 Å². The van der Waals surface area contributed by atoms with E-state index in [0.717, 1.165) is 19.3 Å². The van der Waals surface area contributed by atoms with Gasteiger partial charge in [-0.2, -0.15) is 8.42 Å². The molecule has 0 aliphatic carbocycles. The van der Waals surface area contributed by atoms with E-state index in [1.54, 1.807) is 0 Å². The molecule has 0 heterocycles. The van der Waals surface area contributed by atoms with E-state index in [1.807, 2.05) is 12.2 Å². The van der Waals surface area contributed by atoms with Crippen molar-refractivity contribution < 1.29 is 13.0 Å². The number of nitrogens with two attached hydrogens (primary N) is 1. The van der Waals surface area contributed by atoms with Crippen molar-refractivity contribution in [3.63, 3.8) is 0 Å². The van der Waals surface area contributed by atoms with Crippen molar-refractivity contribution in [2.45, 2.75) is 32.6 Å². The molecule has 0 saturated carbocycles. The third kappa shape index (κ3) is 6.74. The first-order chi connectivity index (χ1) is 7.79. The van der Waals surface area contributed by atoms with Crippen molar-refractivity contribution in [2.75, 3.05) is 6.54 Å². The van der Waals surface area contributed by atoms with Crippen LogP contribution in [0.5, 0.6) is 0 Å². The summed E-state index contributed by atoms with van der Waals surface area (Å²) < 4.78 is 31.4. The maximum atomic E-state index is 11.0. The Kier molecular flexibility index (Phi) is 6.51. The van der Waals surface area contributed by atoms with Crippen molar-refractivity contribution in [2.24, 2.45) is 5.73 Å². The van der Waals surface area contributed by atoms with Gasteiger partial charge in [0, 0.05) is 6.54 Å². The molecule has 0 unspecified atom stereocenters. The Balaban J connectivity index is 4.45. The fraction of sp³-hybridized carbons (Fsp3) is 0.750. The highest BCUT2D eigenvalue weighted by atomic mass is 32.2. The Morgan fingerprint density at radius 3 is 2.35 bits per heavy atom. The molecule has 0 aliphatic heterocycles. The summed E-state index contributed by atoms with van der Waals surface area (Å²) in [5.74, 6) is -1.19. The highest BCUT2D eigenvalue weighted by Gasteiger charge is 2.22. The second kappa shape index (κ2) is 7.07. The maximum absolute atomic E-state index is 11.0. The van der Waals surface area contributed by atoms with E-state index < -0.39 is 22.2 Å². The number of unbranched alkanes of at least 4 members (excludes halogenated alkanes) is 3. The number of rotatable bonds is 6. The van der Waals surface area contributed by atoms with E-state index in [4.69, 9.17) is 21.1 Å². The van der Waals surface area contributed by atoms with Crippen LogP contribution in [0.4, 0.5) is 0 Å². The van der Waals surface area contributed by atoms with E-state index in [2.05, 4.69) is 0 Å². The number of hydrogen-bond acceptors (Lipinski definition) is 4. The summed E-state index contributed by atoms with van der Waals surface area (Å²) in [6.07, 6.45) is 3.27. The van der Waals surface area contributed by atoms with E-state index in [0.29, 0.717) is 10.7 Å². The summed E-state index contributed by atoms with van der Waals surface area (Å²) in [7, 11) is -4.50. The van der Waals surface area contributed by atoms with E-state index in [9.17, 15) is 8.42 Å². The fourth-order valence-electron chi connectivity index (χ4n) is 1.21. The van der Waals surface area contributed by atoms with E-state index in [1.165, 1.54) is 0 Å². The first kappa shape index (κ1) is 15.7. The van der Waals surface area contributed by atoms with Crippen LogP contribution in [0.2, 0.25) is 0 Å². The molecular weight excluding hydrogens is 246 g/mol. The summed E-state index contributed by atoms with van der Waals surface area (Å²) in [4.78, 5) is 0. The van der Waals surface area contributed by atoms with Gasteiger partial charge < -0.3 is 5.73 Å². The molecular formula is C8H19N5O3S. The van der Waals surface area contributed by atoms with Crippen LogP contribution in [-0.4, -0.2) is 35.7 Å². The molecule has 100 valence electrons. The largest absolute Gasteiger partial charge is 0.370 e. The lowest BCUT2D eigenvalue weighted by atomic mass is 10.2. The first-order valence-electron chi connectivity index (χ1n) is 5.23. The van der Waals surface area contributed by atoms with Gasteiger partial charge in [0.15, 0.2) is 5.96 Å². The monoisotopic (exact) mass is 265 g/mol. The van der Waals surface area contributed by atoms with Gasteiger partial charge >= 0.3 is 10.3 Å². The summed E-state index contributed by atoms with van der Waals surface area (Å²) >= 11 is 0. The molecule has 0 spiro atoms. The third-order valence-corrected chi connectivity index (χ3v) is 2.92. The molecule has 0 aromatic carbocycles. The van der Waals surface area contributed by atoms with Gasteiger partial charge in [-0.05, 0) is 6.42 Å². The Hall–Kier alpha value is -1.35. The predicted molar refractivity (Wildman–Crippen MR) is 65.2 cm³/mol. The highest BCUT2D eigenvalue weighted by Crippen LogP contribution is 2.04. The van der Waals surface area contributed by atoms with Gasteiger partial charge in [0.2, 0.25) is 5.96 Å². The molecule has 0 aliphatic rings. The minimum atomic E-state index is -4.50. The number of hydrogen-bond donors (Lipinski definition) is 5. The van der Waals surface area contributed by atoms with Crippen LogP contribution >= 0.6 is 0 Å². The molecule has 17 heavy (non-hydrogen) atoms. The molecule has 0 amide bonds. The topological polar surface area (TPSA) is 143 Å². The number of nitrogens with one attached hydrogen (secondary N) is 3. The summed E-state index contributed by atoms with van der Waals surface area (Å²) in [6, 6.07) is 0.